The number of ether oxygens (including phenoxy) is 2. The summed E-state index contributed by atoms with van der Waals surface area (Å²) in [5, 5.41) is 30.5. The molecule has 3 aromatic rings. The number of carbonyl (C=O) groups excluding carboxylic acids is 1. The summed E-state index contributed by atoms with van der Waals surface area (Å²) in [4.78, 5) is 35.1. The Hall–Kier alpha value is -3.70. The maximum atomic E-state index is 12.1. The van der Waals surface area contributed by atoms with Gasteiger partial charge < -0.3 is 30.1 Å². The number of aliphatic hydroxyl groups excluding tert-OH is 1. The zero-order valence-electron chi connectivity index (χ0n) is 21.7. The summed E-state index contributed by atoms with van der Waals surface area (Å²) in [5.41, 5.74) is 3.31. The molecule has 0 saturated carbocycles. The van der Waals surface area contributed by atoms with Crippen LogP contribution in [0.4, 0.5) is 5.69 Å². The number of aliphatic carboxylic acids is 1. The van der Waals surface area contributed by atoms with E-state index in [0.29, 0.717) is 22.8 Å². The smallest absolute Gasteiger partial charge is 0.336 e. The second-order valence-electron chi connectivity index (χ2n) is 9.38. The Morgan fingerprint density at radius 1 is 0.875 bits per heavy atom. The molecule has 0 unspecified atom stereocenters. The van der Waals surface area contributed by atoms with Crippen LogP contribution < -0.4 is 5.32 Å². The predicted molar refractivity (Wildman–Crippen MR) is 149 cm³/mol. The van der Waals surface area contributed by atoms with E-state index < -0.39 is 18.2 Å². The third-order valence-electron chi connectivity index (χ3n) is 6.42. The van der Waals surface area contributed by atoms with Gasteiger partial charge in [-0.25, -0.2) is 4.79 Å². The molecule has 1 amide bonds. The van der Waals surface area contributed by atoms with Gasteiger partial charge in [0.2, 0.25) is 5.91 Å². The molecule has 10 heteroatoms. The highest BCUT2D eigenvalue weighted by atomic mass is 32.2. The average molecular weight is 566 g/mol. The third-order valence-corrected chi connectivity index (χ3v) is 7.62. The van der Waals surface area contributed by atoms with E-state index in [4.69, 9.17) is 14.6 Å². The molecule has 1 aliphatic rings. The van der Waals surface area contributed by atoms with Crippen molar-refractivity contribution in [3.8, 4) is 0 Å². The number of rotatable bonds is 12. The van der Waals surface area contributed by atoms with Crippen LogP contribution in [0, 0.1) is 0 Å². The van der Waals surface area contributed by atoms with E-state index in [2.05, 4.69) is 5.32 Å². The second kappa shape index (κ2) is 14.1. The molecule has 4 rings (SSSR count). The van der Waals surface area contributed by atoms with Gasteiger partial charge in [-0.15, -0.1) is 11.8 Å². The van der Waals surface area contributed by atoms with Crippen molar-refractivity contribution in [1.82, 2.24) is 0 Å². The Labute approximate surface area is 236 Å². The first-order chi connectivity index (χ1) is 19.3. The van der Waals surface area contributed by atoms with Crippen molar-refractivity contribution in [2.75, 3.05) is 11.1 Å². The largest absolute Gasteiger partial charge is 0.481 e. The van der Waals surface area contributed by atoms with E-state index >= 15 is 0 Å². The van der Waals surface area contributed by atoms with E-state index in [9.17, 15) is 24.6 Å². The van der Waals surface area contributed by atoms with Gasteiger partial charge in [0, 0.05) is 41.2 Å². The molecule has 1 fully saturated rings. The fourth-order valence-corrected chi connectivity index (χ4v) is 5.39. The van der Waals surface area contributed by atoms with Gasteiger partial charge in [0.25, 0.3) is 0 Å². The zero-order chi connectivity index (χ0) is 28.5. The summed E-state index contributed by atoms with van der Waals surface area (Å²) in [7, 11) is 0. The van der Waals surface area contributed by atoms with E-state index in [0.717, 1.165) is 16.7 Å². The lowest BCUT2D eigenvalue weighted by atomic mass is 10.0. The van der Waals surface area contributed by atoms with Crippen molar-refractivity contribution in [2.24, 2.45) is 0 Å². The highest BCUT2D eigenvalue weighted by molar-refractivity contribution is 7.99. The van der Waals surface area contributed by atoms with Gasteiger partial charge in [0.15, 0.2) is 6.29 Å². The standard InChI is InChI=1S/C30H31NO8S/c32-17-19-8-10-20(11-9-19)25-16-23(18-40-26-5-2-1-4-24(26)29(36)37)38-30(39-25)21-12-14-22(15-13-21)31-27(33)6-3-7-28(34)35/h1-2,4-5,8-15,23,25,30,32H,3,6-7,16-18H2,(H,31,33)(H,34,35)(H,36,37)/t23-,25+,30+/m1/s1. The van der Waals surface area contributed by atoms with Crippen LogP contribution in [-0.4, -0.2) is 45.0 Å². The molecule has 0 aliphatic carbocycles. The van der Waals surface area contributed by atoms with Gasteiger partial charge in [-0.2, -0.15) is 0 Å². The van der Waals surface area contributed by atoms with Crippen molar-refractivity contribution in [3.05, 3.63) is 95.1 Å². The Kier molecular flexibility index (Phi) is 10.3. The first kappa shape index (κ1) is 29.3. The minimum absolute atomic E-state index is 0.0533. The van der Waals surface area contributed by atoms with Gasteiger partial charge in [-0.1, -0.05) is 48.5 Å². The van der Waals surface area contributed by atoms with E-state index in [1.165, 1.54) is 11.8 Å². The van der Waals surface area contributed by atoms with Crippen LogP contribution >= 0.6 is 11.8 Å². The average Bonchev–Trinajstić information content (AvgIpc) is 2.96. The van der Waals surface area contributed by atoms with Crippen LogP contribution in [0.25, 0.3) is 0 Å². The Bertz CT molecular complexity index is 1310. The lowest BCUT2D eigenvalue weighted by Crippen LogP contribution is -2.31. The topological polar surface area (TPSA) is 142 Å². The molecular formula is C30H31NO8S. The molecule has 0 aromatic heterocycles. The fraction of sp³-hybridized carbons (Fsp3) is 0.300. The van der Waals surface area contributed by atoms with Gasteiger partial charge in [-0.3, -0.25) is 9.59 Å². The maximum absolute atomic E-state index is 12.1. The third kappa shape index (κ3) is 8.15. The SMILES string of the molecule is O=C(O)CCCC(=O)Nc1ccc([C@H]2O[C@@H](CSc3ccccc3C(=O)O)C[C@@H](c3ccc(CO)cc3)O2)cc1. The summed E-state index contributed by atoms with van der Waals surface area (Å²) in [5.74, 6) is -1.66. The molecule has 4 N–H and O–H groups in total. The molecule has 1 aliphatic heterocycles. The first-order valence-electron chi connectivity index (χ1n) is 12.9. The number of thioether (sulfide) groups is 1. The normalized spacial score (nSPS) is 18.7. The quantitative estimate of drug-likeness (QED) is 0.212. The lowest BCUT2D eigenvalue weighted by molar-refractivity contribution is -0.245. The molecule has 1 heterocycles. The molecule has 210 valence electrons. The number of benzene rings is 3. The second-order valence-corrected chi connectivity index (χ2v) is 10.4. The van der Waals surface area contributed by atoms with Crippen LogP contribution in [0.15, 0.2) is 77.7 Å². The number of aliphatic hydroxyl groups is 1. The van der Waals surface area contributed by atoms with Crippen LogP contribution in [0.5, 0.6) is 0 Å². The zero-order valence-corrected chi connectivity index (χ0v) is 22.5. The summed E-state index contributed by atoms with van der Waals surface area (Å²) in [6.45, 7) is -0.0533. The van der Waals surface area contributed by atoms with Crippen molar-refractivity contribution in [3.63, 3.8) is 0 Å². The van der Waals surface area contributed by atoms with Crippen molar-refractivity contribution < 1.29 is 39.2 Å². The number of aromatic carboxylic acids is 1. The van der Waals surface area contributed by atoms with Gasteiger partial charge in [-0.05, 0) is 41.8 Å². The summed E-state index contributed by atoms with van der Waals surface area (Å²) in [6, 6.07) is 21.5. The van der Waals surface area contributed by atoms with Gasteiger partial charge >= 0.3 is 11.9 Å². The van der Waals surface area contributed by atoms with Crippen LogP contribution in [0.3, 0.4) is 0 Å². The monoisotopic (exact) mass is 565 g/mol. The fourth-order valence-electron chi connectivity index (χ4n) is 4.32. The maximum Gasteiger partial charge on any atom is 0.336 e. The molecule has 3 atom stereocenters. The highest BCUT2D eigenvalue weighted by Gasteiger charge is 2.32. The molecular weight excluding hydrogens is 534 g/mol. The summed E-state index contributed by atoms with van der Waals surface area (Å²) < 4.78 is 12.7. The number of hydrogen-bond donors (Lipinski definition) is 4. The van der Waals surface area contributed by atoms with Crippen LogP contribution in [-0.2, 0) is 25.7 Å². The molecule has 0 bridgehead atoms. The first-order valence-corrected chi connectivity index (χ1v) is 13.9. The molecule has 1 saturated heterocycles. The number of carboxylic acids is 2. The number of amides is 1. The van der Waals surface area contributed by atoms with Crippen LogP contribution in [0.2, 0.25) is 0 Å². The van der Waals surface area contributed by atoms with Crippen molar-refractivity contribution >= 4 is 35.3 Å². The van der Waals surface area contributed by atoms with E-state index in [-0.39, 0.29) is 49.5 Å². The minimum Gasteiger partial charge on any atom is -0.481 e. The van der Waals surface area contributed by atoms with Crippen molar-refractivity contribution in [1.29, 1.82) is 0 Å². The minimum atomic E-state index is -0.982. The van der Waals surface area contributed by atoms with Gasteiger partial charge in [0.05, 0.1) is 24.4 Å². The predicted octanol–water partition coefficient (Wildman–Crippen LogP) is 5.41. The number of carboxylic acid groups (broad SMARTS) is 2. The number of nitrogens with one attached hydrogen (secondary N) is 1. The van der Waals surface area contributed by atoms with E-state index in [1.54, 1.807) is 48.5 Å². The highest BCUT2D eigenvalue weighted by Crippen LogP contribution is 2.40. The van der Waals surface area contributed by atoms with Crippen molar-refractivity contribution in [2.45, 2.75) is 55.7 Å². The Balaban J connectivity index is 1.47. The number of carbonyl (C=O) groups is 3. The summed E-state index contributed by atoms with van der Waals surface area (Å²) in [6.07, 6.45) is -0.362. The Morgan fingerprint density at radius 2 is 1.57 bits per heavy atom. The molecule has 40 heavy (non-hydrogen) atoms. The molecule has 9 nitrogen and oxygen atoms in total. The van der Waals surface area contributed by atoms with Crippen LogP contribution in [0.1, 0.15) is 65.1 Å². The van der Waals surface area contributed by atoms with E-state index in [1.807, 2.05) is 24.3 Å². The summed E-state index contributed by atoms with van der Waals surface area (Å²) >= 11 is 1.42. The van der Waals surface area contributed by atoms with Gasteiger partial charge in [0.1, 0.15) is 0 Å². The molecule has 3 aromatic carbocycles. The molecule has 0 spiro atoms. The molecule has 0 radical (unpaired) electrons. The Morgan fingerprint density at radius 3 is 2.25 bits per heavy atom. The number of hydrogen-bond acceptors (Lipinski definition) is 7. The lowest BCUT2D eigenvalue weighted by Gasteiger charge is -2.36. The number of anilines is 1.